The molecule has 1 saturated carbocycles. The lowest BCUT2D eigenvalue weighted by atomic mass is 9.61. The zero-order valence-electron chi connectivity index (χ0n) is 13.7. The smallest absolute Gasteiger partial charge is 0.243 e. The van der Waals surface area contributed by atoms with Crippen LogP contribution in [0.5, 0.6) is 0 Å². The molecule has 1 atom stereocenters. The molecule has 1 aliphatic heterocycles. The Morgan fingerprint density at radius 1 is 1.20 bits per heavy atom. The van der Waals surface area contributed by atoms with Crippen LogP contribution in [0.3, 0.4) is 0 Å². The van der Waals surface area contributed by atoms with E-state index in [1.165, 1.54) is 23.9 Å². The van der Waals surface area contributed by atoms with E-state index in [9.17, 15) is 19.7 Å². The molecule has 128 valence electrons. The van der Waals surface area contributed by atoms with E-state index in [1.807, 2.05) is 0 Å². The summed E-state index contributed by atoms with van der Waals surface area (Å²) in [7, 11) is 0. The van der Waals surface area contributed by atoms with Crippen LogP contribution in [0.15, 0.2) is 34.9 Å². The number of carbonyl (C=O) groups is 1. The molecule has 1 aliphatic carbocycles. The van der Waals surface area contributed by atoms with E-state index in [4.69, 9.17) is 0 Å². The number of rotatable bonds is 3. The summed E-state index contributed by atoms with van der Waals surface area (Å²) in [6, 6.07) is 10.6. The zero-order valence-corrected chi connectivity index (χ0v) is 14.5. The van der Waals surface area contributed by atoms with Crippen molar-refractivity contribution in [1.82, 2.24) is 5.32 Å². The molecule has 3 rings (SSSR count). The first-order valence-electron chi connectivity index (χ1n) is 8.33. The maximum atomic E-state index is 13.0. The fraction of sp³-hybridized carbons (Fsp3) is 0.421. The van der Waals surface area contributed by atoms with Crippen LogP contribution in [-0.4, -0.2) is 5.91 Å². The molecule has 25 heavy (non-hydrogen) atoms. The predicted octanol–water partition coefficient (Wildman–Crippen LogP) is 4.01. The average molecular weight is 355 g/mol. The molecule has 1 amide bonds. The van der Waals surface area contributed by atoms with E-state index in [0.29, 0.717) is 29.2 Å². The van der Waals surface area contributed by atoms with Crippen molar-refractivity contribution in [3.8, 4) is 12.1 Å². The second-order valence-corrected chi connectivity index (χ2v) is 7.48. The highest BCUT2D eigenvalue weighted by molar-refractivity contribution is 8.02. The van der Waals surface area contributed by atoms with Gasteiger partial charge in [-0.3, -0.25) is 4.79 Å². The van der Waals surface area contributed by atoms with Gasteiger partial charge in [-0.25, -0.2) is 4.39 Å². The molecule has 0 bridgehead atoms. The van der Waals surface area contributed by atoms with Crippen LogP contribution in [0.1, 0.15) is 37.7 Å². The van der Waals surface area contributed by atoms with Gasteiger partial charge in [0.15, 0.2) is 0 Å². The highest BCUT2D eigenvalue weighted by Crippen LogP contribution is 2.52. The number of allylic oxidation sites excluding steroid dienone is 1. The van der Waals surface area contributed by atoms with Gasteiger partial charge in [0.05, 0.1) is 22.7 Å². The van der Waals surface area contributed by atoms with Crippen LogP contribution in [0.25, 0.3) is 0 Å². The minimum absolute atomic E-state index is 0.297. The normalized spacial score (nSPS) is 22.2. The Balaban J connectivity index is 1.92. The van der Waals surface area contributed by atoms with Crippen molar-refractivity contribution in [2.24, 2.45) is 11.3 Å². The Hall–Kier alpha value is -2.31. The second-order valence-electron chi connectivity index (χ2n) is 6.50. The lowest BCUT2D eigenvalue weighted by Gasteiger charge is -2.43. The third-order valence-electron chi connectivity index (χ3n) is 5.06. The molecule has 0 aromatic heterocycles. The van der Waals surface area contributed by atoms with Crippen molar-refractivity contribution >= 4 is 17.7 Å². The molecule has 0 radical (unpaired) electrons. The Kier molecular flexibility index (Phi) is 5.11. The Morgan fingerprint density at radius 3 is 2.48 bits per heavy atom. The molecule has 1 heterocycles. The lowest BCUT2D eigenvalue weighted by Crippen LogP contribution is -2.48. The van der Waals surface area contributed by atoms with Gasteiger partial charge in [-0.2, -0.15) is 10.5 Å². The van der Waals surface area contributed by atoms with Gasteiger partial charge in [-0.15, -0.1) is 11.8 Å². The molecular formula is C19H18FN3OS. The summed E-state index contributed by atoms with van der Waals surface area (Å²) in [5.41, 5.74) is 0.783. The summed E-state index contributed by atoms with van der Waals surface area (Å²) in [6.07, 6.45) is 4.31. The molecule has 0 saturated heterocycles. The lowest BCUT2D eigenvalue weighted by molar-refractivity contribution is -0.126. The Labute approximate surface area is 150 Å². The first-order chi connectivity index (χ1) is 12.1. The van der Waals surface area contributed by atoms with Gasteiger partial charge in [-0.05, 0) is 30.5 Å². The molecule has 1 fully saturated rings. The van der Waals surface area contributed by atoms with Crippen LogP contribution >= 0.6 is 11.8 Å². The first kappa shape index (κ1) is 17.5. The third kappa shape index (κ3) is 3.27. The standard InChI is InChI=1S/C19H18FN3OS/c20-14-6-4-13(5-7-14)12-25-18-16(11-22)19(8-2-1-3-9-19)15(10-21)17(24)23-18/h4-7,15H,1-3,8-9,12H2,(H,23,24)/t15-/m1/s1. The van der Waals surface area contributed by atoms with Gasteiger partial charge in [0.2, 0.25) is 5.91 Å². The van der Waals surface area contributed by atoms with E-state index in [-0.39, 0.29) is 11.7 Å². The van der Waals surface area contributed by atoms with Gasteiger partial charge < -0.3 is 5.32 Å². The first-order valence-corrected chi connectivity index (χ1v) is 9.32. The number of hydrogen-bond acceptors (Lipinski definition) is 4. The summed E-state index contributed by atoms with van der Waals surface area (Å²) in [4.78, 5) is 12.5. The van der Waals surface area contributed by atoms with Crippen molar-refractivity contribution in [2.45, 2.75) is 37.9 Å². The van der Waals surface area contributed by atoms with Crippen LogP contribution in [-0.2, 0) is 10.5 Å². The molecule has 6 heteroatoms. The van der Waals surface area contributed by atoms with Crippen LogP contribution in [0, 0.1) is 39.8 Å². The minimum Gasteiger partial charge on any atom is -0.319 e. The molecular weight excluding hydrogens is 337 g/mol. The van der Waals surface area contributed by atoms with Crippen molar-refractivity contribution in [3.63, 3.8) is 0 Å². The number of amides is 1. The van der Waals surface area contributed by atoms with Gasteiger partial charge in [0.25, 0.3) is 0 Å². The summed E-state index contributed by atoms with van der Waals surface area (Å²) in [6.45, 7) is 0. The maximum Gasteiger partial charge on any atom is 0.243 e. The molecule has 1 aromatic rings. The fourth-order valence-electron chi connectivity index (χ4n) is 3.78. The molecule has 1 N–H and O–H groups in total. The number of nitrogens with one attached hydrogen (secondary N) is 1. The molecule has 2 aliphatic rings. The van der Waals surface area contributed by atoms with Crippen LogP contribution < -0.4 is 5.32 Å². The van der Waals surface area contributed by atoms with Gasteiger partial charge in [-0.1, -0.05) is 31.4 Å². The van der Waals surface area contributed by atoms with Crippen molar-refractivity contribution in [1.29, 1.82) is 10.5 Å². The topological polar surface area (TPSA) is 76.7 Å². The number of carbonyl (C=O) groups excluding carboxylic acids is 1. The molecule has 1 spiro atoms. The predicted molar refractivity (Wildman–Crippen MR) is 93.1 cm³/mol. The monoisotopic (exact) mass is 355 g/mol. The number of thioether (sulfide) groups is 1. The van der Waals surface area contributed by atoms with Crippen molar-refractivity contribution in [3.05, 3.63) is 46.2 Å². The zero-order chi connectivity index (χ0) is 17.9. The largest absolute Gasteiger partial charge is 0.319 e. The summed E-state index contributed by atoms with van der Waals surface area (Å²) >= 11 is 1.37. The summed E-state index contributed by atoms with van der Waals surface area (Å²) in [5, 5.41) is 22.6. The second kappa shape index (κ2) is 7.29. The fourth-order valence-corrected chi connectivity index (χ4v) is 4.85. The van der Waals surface area contributed by atoms with Crippen molar-refractivity contribution in [2.75, 3.05) is 0 Å². The summed E-state index contributed by atoms with van der Waals surface area (Å²) in [5.74, 6) is -0.897. The number of benzene rings is 1. The summed E-state index contributed by atoms with van der Waals surface area (Å²) < 4.78 is 13.0. The molecule has 4 nitrogen and oxygen atoms in total. The van der Waals surface area contributed by atoms with E-state index in [2.05, 4.69) is 17.5 Å². The Morgan fingerprint density at radius 2 is 1.88 bits per heavy atom. The number of hydrogen-bond donors (Lipinski definition) is 1. The highest BCUT2D eigenvalue weighted by Gasteiger charge is 2.51. The number of halogens is 1. The van der Waals surface area contributed by atoms with Crippen LogP contribution in [0.4, 0.5) is 4.39 Å². The Bertz CT molecular complexity index is 782. The molecule has 1 aromatic carbocycles. The third-order valence-corrected chi connectivity index (χ3v) is 6.13. The van der Waals surface area contributed by atoms with E-state index >= 15 is 0 Å². The minimum atomic E-state index is -0.808. The maximum absolute atomic E-state index is 13.0. The molecule has 0 unspecified atom stereocenters. The van der Waals surface area contributed by atoms with Gasteiger partial charge in [0, 0.05) is 11.2 Å². The van der Waals surface area contributed by atoms with E-state index in [0.717, 1.165) is 24.8 Å². The van der Waals surface area contributed by atoms with Gasteiger partial charge in [0.1, 0.15) is 11.7 Å². The highest BCUT2D eigenvalue weighted by atomic mass is 32.2. The van der Waals surface area contributed by atoms with Crippen molar-refractivity contribution < 1.29 is 9.18 Å². The SMILES string of the molecule is N#CC1=C(SCc2ccc(F)cc2)NC(=O)[C@@H](C#N)C12CCCCC2. The van der Waals surface area contributed by atoms with E-state index in [1.54, 1.807) is 12.1 Å². The van der Waals surface area contributed by atoms with E-state index < -0.39 is 11.3 Å². The van der Waals surface area contributed by atoms with Gasteiger partial charge >= 0.3 is 0 Å². The number of nitriles is 2. The van der Waals surface area contributed by atoms with Crippen LogP contribution in [0.2, 0.25) is 0 Å². The average Bonchev–Trinajstić information content (AvgIpc) is 2.62. The quantitative estimate of drug-likeness (QED) is 0.888. The number of nitrogens with zero attached hydrogens (tertiary/aromatic N) is 2.